The molecule has 0 aliphatic carbocycles. The van der Waals surface area contributed by atoms with Crippen molar-refractivity contribution in [2.75, 3.05) is 13.1 Å². The number of benzene rings is 1. The number of nitrogens with zero attached hydrogens (tertiary/aromatic N) is 2. The quantitative estimate of drug-likeness (QED) is 0.943. The van der Waals surface area contributed by atoms with E-state index in [9.17, 15) is 5.11 Å². The predicted octanol–water partition coefficient (Wildman–Crippen LogP) is 2.88. The number of thiazole rings is 1. The Morgan fingerprint density at radius 3 is 2.86 bits per heavy atom. The van der Waals surface area contributed by atoms with Crippen molar-refractivity contribution in [2.24, 2.45) is 5.92 Å². The standard InChI is InChI=1S/C17H22N2OS/c1-13-17(21-12-18-13)11-19-8-7-16(20)15(10-19)9-14-5-3-2-4-6-14/h2-6,12,15-16,20H,7-11H2,1H3/t15-,16+/m1/s1. The number of aliphatic hydroxyl groups is 1. The van der Waals surface area contributed by atoms with Crippen LogP contribution in [-0.4, -0.2) is 34.2 Å². The fraction of sp³-hybridized carbons (Fsp3) is 0.471. The lowest BCUT2D eigenvalue weighted by molar-refractivity contribution is 0.0242. The highest BCUT2D eigenvalue weighted by molar-refractivity contribution is 7.09. The average Bonchev–Trinajstić information content (AvgIpc) is 2.89. The molecule has 1 fully saturated rings. The Bertz CT molecular complexity index is 569. The number of rotatable bonds is 4. The Morgan fingerprint density at radius 2 is 2.14 bits per heavy atom. The smallest absolute Gasteiger partial charge is 0.0798 e. The van der Waals surface area contributed by atoms with Crippen LogP contribution in [0.25, 0.3) is 0 Å². The van der Waals surface area contributed by atoms with E-state index in [0.717, 1.165) is 38.2 Å². The lowest BCUT2D eigenvalue weighted by atomic mass is 9.88. The molecule has 0 radical (unpaired) electrons. The average molecular weight is 302 g/mol. The maximum Gasteiger partial charge on any atom is 0.0798 e. The van der Waals surface area contributed by atoms with Gasteiger partial charge in [0.15, 0.2) is 0 Å². The van der Waals surface area contributed by atoms with E-state index in [0.29, 0.717) is 5.92 Å². The van der Waals surface area contributed by atoms with Gasteiger partial charge in [-0.25, -0.2) is 4.98 Å². The third-order valence-electron chi connectivity index (χ3n) is 4.33. The van der Waals surface area contributed by atoms with Crippen LogP contribution in [0.1, 0.15) is 22.6 Å². The maximum atomic E-state index is 10.3. The molecule has 112 valence electrons. The topological polar surface area (TPSA) is 36.4 Å². The first-order chi connectivity index (χ1) is 10.2. The number of likely N-dealkylation sites (tertiary alicyclic amines) is 1. The van der Waals surface area contributed by atoms with Gasteiger partial charge in [-0.15, -0.1) is 11.3 Å². The van der Waals surface area contributed by atoms with Gasteiger partial charge in [0.25, 0.3) is 0 Å². The van der Waals surface area contributed by atoms with Gasteiger partial charge in [-0.3, -0.25) is 4.90 Å². The van der Waals surface area contributed by atoms with Crippen LogP contribution in [0.15, 0.2) is 35.8 Å². The molecule has 0 saturated carbocycles. The Kier molecular flexibility index (Phi) is 4.68. The highest BCUT2D eigenvalue weighted by Crippen LogP contribution is 2.24. The Balaban J connectivity index is 1.63. The molecular weight excluding hydrogens is 280 g/mol. The molecule has 1 aromatic heterocycles. The highest BCUT2D eigenvalue weighted by atomic mass is 32.1. The van der Waals surface area contributed by atoms with Crippen molar-refractivity contribution in [3.63, 3.8) is 0 Å². The van der Waals surface area contributed by atoms with Crippen molar-refractivity contribution in [3.05, 3.63) is 52.0 Å². The van der Waals surface area contributed by atoms with E-state index in [2.05, 4.69) is 41.1 Å². The molecule has 0 amide bonds. The van der Waals surface area contributed by atoms with E-state index in [4.69, 9.17) is 0 Å². The van der Waals surface area contributed by atoms with E-state index in [-0.39, 0.29) is 6.10 Å². The van der Waals surface area contributed by atoms with Gasteiger partial charge in [-0.1, -0.05) is 30.3 Å². The summed E-state index contributed by atoms with van der Waals surface area (Å²) in [6, 6.07) is 10.5. The molecule has 1 saturated heterocycles. The number of aryl methyl sites for hydroxylation is 1. The zero-order chi connectivity index (χ0) is 14.7. The van der Waals surface area contributed by atoms with E-state index in [1.165, 1.54) is 10.4 Å². The second kappa shape index (κ2) is 6.69. The Hall–Kier alpha value is -1.23. The molecule has 2 heterocycles. The van der Waals surface area contributed by atoms with Crippen molar-refractivity contribution in [1.29, 1.82) is 0 Å². The molecule has 1 aliphatic rings. The zero-order valence-electron chi connectivity index (χ0n) is 12.4. The van der Waals surface area contributed by atoms with Crippen molar-refractivity contribution in [3.8, 4) is 0 Å². The fourth-order valence-corrected chi connectivity index (χ4v) is 3.86. The number of piperidine rings is 1. The number of aliphatic hydroxyl groups excluding tert-OH is 1. The summed E-state index contributed by atoms with van der Waals surface area (Å²) in [6.45, 7) is 4.98. The largest absolute Gasteiger partial charge is 0.393 e. The van der Waals surface area contributed by atoms with Gasteiger partial charge < -0.3 is 5.11 Å². The Labute approximate surface area is 130 Å². The summed E-state index contributed by atoms with van der Waals surface area (Å²) < 4.78 is 0. The van der Waals surface area contributed by atoms with Gasteiger partial charge in [0, 0.05) is 30.4 Å². The summed E-state index contributed by atoms with van der Waals surface area (Å²) >= 11 is 1.73. The monoisotopic (exact) mass is 302 g/mol. The summed E-state index contributed by atoms with van der Waals surface area (Å²) in [5.74, 6) is 0.328. The third kappa shape index (κ3) is 3.70. The zero-order valence-corrected chi connectivity index (χ0v) is 13.2. The van der Waals surface area contributed by atoms with Crippen LogP contribution >= 0.6 is 11.3 Å². The molecule has 2 aromatic rings. The minimum atomic E-state index is -0.177. The fourth-order valence-electron chi connectivity index (χ4n) is 3.04. The highest BCUT2D eigenvalue weighted by Gasteiger charge is 2.28. The van der Waals surface area contributed by atoms with E-state index in [1.807, 2.05) is 11.6 Å². The van der Waals surface area contributed by atoms with Crippen LogP contribution < -0.4 is 0 Å². The van der Waals surface area contributed by atoms with Crippen molar-refractivity contribution in [1.82, 2.24) is 9.88 Å². The minimum absolute atomic E-state index is 0.177. The van der Waals surface area contributed by atoms with Crippen molar-refractivity contribution < 1.29 is 5.11 Å². The first-order valence-corrected chi connectivity index (χ1v) is 8.43. The summed E-state index contributed by atoms with van der Waals surface area (Å²) in [5, 5.41) is 10.3. The molecule has 0 spiro atoms. The van der Waals surface area contributed by atoms with Crippen molar-refractivity contribution in [2.45, 2.75) is 32.4 Å². The van der Waals surface area contributed by atoms with Crippen LogP contribution in [0.3, 0.4) is 0 Å². The van der Waals surface area contributed by atoms with Gasteiger partial charge in [0.1, 0.15) is 0 Å². The van der Waals surface area contributed by atoms with Crippen LogP contribution in [0.4, 0.5) is 0 Å². The van der Waals surface area contributed by atoms with Gasteiger partial charge in [0.05, 0.1) is 17.3 Å². The predicted molar refractivity (Wildman–Crippen MR) is 86.4 cm³/mol. The summed E-state index contributed by atoms with van der Waals surface area (Å²) in [5.41, 5.74) is 4.38. The number of aromatic nitrogens is 1. The molecule has 3 nitrogen and oxygen atoms in total. The van der Waals surface area contributed by atoms with Gasteiger partial charge in [0.2, 0.25) is 0 Å². The molecule has 0 bridgehead atoms. The van der Waals surface area contributed by atoms with E-state index >= 15 is 0 Å². The van der Waals surface area contributed by atoms with Crippen LogP contribution in [0.2, 0.25) is 0 Å². The van der Waals surface area contributed by atoms with E-state index < -0.39 is 0 Å². The molecular formula is C17H22N2OS. The first-order valence-electron chi connectivity index (χ1n) is 7.55. The second-order valence-electron chi connectivity index (χ2n) is 5.90. The molecule has 1 aromatic carbocycles. The van der Waals surface area contributed by atoms with Crippen LogP contribution in [-0.2, 0) is 13.0 Å². The SMILES string of the molecule is Cc1ncsc1CN1CC[C@H](O)[C@H](Cc2ccccc2)C1. The van der Waals surface area contributed by atoms with Crippen LogP contribution in [0, 0.1) is 12.8 Å². The summed E-state index contributed by atoms with van der Waals surface area (Å²) in [6.07, 6.45) is 1.65. The number of hydrogen-bond donors (Lipinski definition) is 1. The lowest BCUT2D eigenvalue weighted by Crippen LogP contribution is -2.43. The van der Waals surface area contributed by atoms with Crippen molar-refractivity contribution >= 4 is 11.3 Å². The normalized spacial score (nSPS) is 23.3. The Morgan fingerprint density at radius 1 is 1.33 bits per heavy atom. The minimum Gasteiger partial charge on any atom is -0.393 e. The molecule has 1 aliphatic heterocycles. The third-order valence-corrected chi connectivity index (χ3v) is 5.25. The number of hydrogen-bond acceptors (Lipinski definition) is 4. The maximum absolute atomic E-state index is 10.3. The van der Waals surface area contributed by atoms with Gasteiger partial charge in [-0.05, 0) is 25.3 Å². The van der Waals surface area contributed by atoms with Gasteiger partial charge >= 0.3 is 0 Å². The van der Waals surface area contributed by atoms with Crippen LogP contribution in [0.5, 0.6) is 0 Å². The van der Waals surface area contributed by atoms with Gasteiger partial charge in [-0.2, -0.15) is 0 Å². The molecule has 3 rings (SSSR count). The molecule has 1 N–H and O–H groups in total. The molecule has 4 heteroatoms. The summed E-state index contributed by atoms with van der Waals surface area (Å²) in [4.78, 5) is 8.14. The lowest BCUT2D eigenvalue weighted by Gasteiger charge is -2.36. The molecule has 21 heavy (non-hydrogen) atoms. The summed E-state index contributed by atoms with van der Waals surface area (Å²) in [7, 11) is 0. The molecule has 2 atom stereocenters. The van der Waals surface area contributed by atoms with E-state index in [1.54, 1.807) is 11.3 Å². The molecule has 0 unspecified atom stereocenters. The second-order valence-corrected chi connectivity index (χ2v) is 6.84. The first kappa shape index (κ1) is 14.7.